The quantitative estimate of drug-likeness (QED) is 0.255. The number of rotatable bonds is 7. The van der Waals surface area contributed by atoms with Gasteiger partial charge in [0.25, 0.3) is 0 Å². The summed E-state index contributed by atoms with van der Waals surface area (Å²) in [5.74, 6) is 0. The van der Waals surface area contributed by atoms with Gasteiger partial charge in [0.1, 0.15) is 0 Å². The number of benzene rings is 4. The van der Waals surface area contributed by atoms with Gasteiger partial charge in [0, 0.05) is 38.3 Å². The molecule has 0 bridgehead atoms. The molecular formula is C29H23Cl2NS. The third-order valence-corrected chi connectivity index (χ3v) is 6.81. The van der Waals surface area contributed by atoms with Crippen LogP contribution in [0.2, 0.25) is 10.0 Å². The first-order chi connectivity index (χ1) is 15.9. The molecule has 4 aromatic rings. The minimum Gasteiger partial charge on any atom is -0.345 e. The summed E-state index contributed by atoms with van der Waals surface area (Å²) in [5, 5.41) is 1.46. The number of hydrogen-bond donors (Lipinski definition) is 0. The average molecular weight is 488 g/mol. The molecule has 4 rings (SSSR count). The van der Waals surface area contributed by atoms with Crippen molar-refractivity contribution in [3.8, 4) is 0 Å². The summed E-state index contributed by atoms with van der Waals surface area (Å²) in [6.45, 7) is 8.34. The molecule has 0 N–H and O–H groups in total. The van der Waals surface area contributed by atoms with Crippen LogP contribution in [0, 0.1) is 0 Å². The first kappa shape index (κ1) is 23.3. The topological polar surface area (TPSA) is 3.24 Å². The van der Waals surface area contributed by atoms with E-state index in [1.165, 1.54) is 0 Å². The van der Waals surface area contributed by atoms with E-state index < -0.39 is 0 Å². The van der Waals surface area contributed by atoms with Crippen molar-refractivity contribution in [1.82, 2.24) is 0 Å². The minimum absolute atomic E-state index is 0.730. The van der Waals surface area contributed by atoms with Crippen LogP contribution in [0.15, 0.2) is 114 Å². The van der Waals surface area contributed by atoms with E-state index >= 15 is 0 Å². The van der Waals surface area contributed by atoms with Crippen molar-refractivity contribution in [2.24, 2.45) is 0 Å². The van der Waals surface area contributed by atoms with Crippen molar-refractivity contribution in [2.75, 3.05) is 11.9 Å². The molecule has 0 atom stereocenters. The van der Waals surface area contributed by atoms with Crippen LogP contribution in [0.4, 0.5) is 11.4 Å². The Morgan fingerprint density at radius 2 is 1.42 bits per heavy atom. The second-order valence-electron chi connectivity index (χ2n) is 7.62. The van der Waals surface area contributed by atoms with Gasteiger partial charge >= 0.3 is 0 Å². The lowest BCUT2D eigenvalue weighted by molar-refractivity contribution is 1.21. The maximum atomic E-state index is 6.16. The fourth-order valence-corrected chi connectivity index (χ4v) is 4.87. The molecule has 0 aliphatic rings. The van der Waals surface area contributed by atoms with E-state index in [1.807, 2.05) is 55.6 Å². The molecule has 0 amide bonds. The number of halogens is 2. The summed E-state index contributed by atoms with van der Waals surface area (Å²) in [7, 11) is 2.04. The first-order valence-electron chi connectivity index (χ1n) is 10.4. The van der Waals surface area contributed by atoms with Crippen molar-refractivity contribution in [3.63, 3.8) is 0 Å². The van der Waals surface area contributed by atoms with E-state index in [9.17, 15) is 0 Å². The van der Waals surface area contributed by atoms with Gasteiger partial charge in [-0.3, -0.25) is 0 Å². The maximum Gasteiger partial charge on any atom is 0.0417 e. The zero-order valence-electron chi connectivity index (χ0n) is 18.3. The fraction of sp³-hybridized carbons (Fsp3) is 0.0345. The summed E-state index contributed by atoms with van der Waals surface area (Å²) < 4.78 is 0. The summed E-state index contributed by atoms with van der Waals surface area (Å²) in [6.07, 6.45) is 1.86. The van der Waals surface area contributed by atoms with Gasteiger partial charge < -0.3 is 4.90 Å². The highest BCUT2D eigenvalue weighted by atomic mass is 35.5. The van der Waals surface area contributed by atoms with Gasteiger partial charge in [-0.2, -0.15) is 0 Å². The molecule has 0 aliphatic carbocycles. The molecule has 164 valence electrons. The van der Waals surface area contributed by atoms with E-state index in [4.69, 9.17) is 23.2 Å². The SMILES string of the molecule is C=Cc1cc(Sc2cccc(Cl)c2)cc(C(=C)c2ccc(N(C)c3ccc(Cl)cc3)cc2)c1. The molecule has 0 spiro atoms. The number of hydrogen-bond acceptors (Lipinski definition) is 2. The van der Waals surface area contributed by atoms with E-state index in [2.05, 4.69) is 66.6 Å². The second kappa shape index (κ2) is 10.4. The van der Waals surface area contributed by atoms with E-state index in [0.717, 1.165) is 53.5 Å². The van der Waals surface area contributed by atoms with Crippen molar-refractivity contribution < 1.29 is 0 Å². The van der Waals surface area contributed by atoms with Crippen LogP contribution in [0.25, 0.3) is 11.6 Å². The molecule has 4 heteroatoms. The Kier molecular flexibility index (Phi) is 7.29. The van der Waals surface area contributed by atoms with E-state index in [1.54, 1.807) is 11.8 Å². The highest BCUT2D eigenvalue weighted by Crippen LogP contribution is 2.34. The normalized spacial score (nSPS) is 10.6. The molecule has 0 unspecified atom stereocenters. The predicted molar refractivity (Wildman–Crippen MR) is 146 cm³/mol. The summed E-state index contributed by atoms with van der Waals surface area (Å²) in [5.41, 5.74) is 6.32. The highest BCUT2D eigenvalue weighted by Gasteiger charge is 2.09. The van der Waals surface area contributed by atoms with Crippen molar-refractivity contribution in [2.45, 2.75) is 9.79 Å². The van der Waals surface area contributed by atoms with Crippen LogP contribution >= 0.6 is 35.0 Å². The van der Waals surface area contributed by atoms with Crippen molar-refractivity contribution in [1.29, 1.82) is 0 Å². The Hall–Kier alpha value is -2.91. The standard InChI is InChI=1S/C29H23Cl2NS/c1-4-21-16-23(18-29(17-21)33-28-7-5-6-25(31)19-28)20(2)22-8-12-26(13-9-22)32(3)27-14-10-24(30)11-15-27/h4-19H,1-2H2,3H3. The van der Waals surface area contributed by atoms with Gasteiger partial charge in [-0.1, -0.05) is 72.4 Å². The van der Waals surface area contributed by atoms with Gasteiger partial charge in [-0.25, -0.2) is 0 Å². The highest BCUT2D eigenvalue weighted by molar-refractivity contribution is 7.99. The molecule has 33 heavy (non-hydrogen) atoms. The Morgan fingerprint density at radius 3 is 2.06 bits per heavy atom. The third-order valence-electron chi connectivity index (χ3n) is 5.36. The van der Waals surface area contributed by atoms with Crippen LogP contribution in [-0.2, 0) is 0 Å². The largest absolute Gasteiger partial charge is 0.345 e. The molecule has 0 fully saturated rings. The van der Waals surface area contributed by atoms with Gasteiger partial charge in [-0.05, 0) is 95.1 Å². The van der Waals surface area contributed by atoms with Gasteiger partial charge in [0.15, 0.2) is 0 Å². The van der Waals surface area contributed by atoms with E-state index in [-0.39, 0.29) is 0 Å². The smallest absolute Gasteiger partial charge is 0.0417 e. The first-order valence-corrected chi connectivity index (χ1v) is 12.0. The lowest BCUT2D eigenvalue weighted by Gasteiger charge is -2.20. The lowest BCUT2D eigenvalue weighted by Crippen LogP contribution is -2.09. The van der Waals surface area contributed by atoms with E-state index in [0.29, 0.717) is 0 Å². The number of anilines is 2. The second-order valence-corrected chi connectivity index (χ2v) is 9.63. The van der Waals surface area contributed by atoms with Crippen LogP contribution < -0.4 is 4.90 Å². The Labute approximate surface area is 210 Å². The van der Waals surface area contributed by atoms with Crippen LogP contribution in [-0.4, -0.2) is 7.05 Å². The molecule has 0 radical (unpaired) electrons. The molecule has 1 nitrogen and oxygen atoms in total. The molecule has 0 aliphatic heterocycles. The Balaban J connectivity index is 1.58. The van der Waals surface area contributed by atoms with Gasteiger partial charge in [0.2, 0.25) is 0 Å². The lowest BCUT2D eigenvalue weighted by atomic mass is 9.97. The summed E-state index contributed by atoms with van der Waals surface area (Å²) in [6, 6.07) is 30.5. The Morgan fingerprint density at radius 1 is 0.758 bits per heavy atom. The molecule has 4 aromatic carbocycles. The maximum absolute atomic E-state index is 6.16. The number of nitrogens with zero attached hydrogens (tertiary/aromatic N) is 1. The molecular weight excluding hydrogens is 465 g/mol. The van der Waals surface area contributed by atoms with Crippen molar-refractivity contribution >= 4 is 58.0 Å². The van der Waals surface area contributed by atoms with Gasteiger partial charge in [-0.15, -0.1) is 0 Å². The van der Waals surface area contributed by atoms with Crippen molar-refractivity contribution in [3.05, 3.63) is 131 Å². The monoisotopic (exact) mass is 487 g/mol. The molecule has 0 aromatic heterocycles. The van der Waals surface area contributed by atoms with Gasteiger partial charge in [0.05, 0.1) is 0 Å². The third kappa shape index (κ3) is 5.72. The fourth-order valence-electron chi connectivity index (χ4n) is 3.51. The van der Waals surface area contributed by atoms with Crippen LogP contribution in [0.1, 0.15) is 16.7 Å². The molecule has 0 saturated heterocycles. The molecule has 0 heterocycles. The summed E-state index contributed by atoms with van der Waals surface area (Å²) in [4.78, 5) is 4.33. The zero-order valence-corrected chi connectivity index (χ0v) is 20.6. The minimum atomic E-state index is 0.730. The zero-order chi connectivity index (χ0) is 23.4. The van der Waals surface area contributed by atoms with Crippen LogP contribution in [0.5, 0.6) is 0 Å². The van der Waals surface area contributed by atoms with Crippen LogP contribution in [0.3, 0.4) is 0 Å². The Bertz CT molecular complexity index is 1290. The predicted octanol–water partition coefficient (Wildman–Crippen LogP) is 9.62. The average Bonchev–Trinajstić information content (AvgIpc) is 2.83. The molecule has 0 saturated carbocycles. The summed E-state index contributed by atoms with van der Waals surface area (Å²) >= 11 is 13.9.